The quantitative estimate of drug-likeness (QED) is 0.669. The number of aryl methyl sites for hydroxylation is 1. The summed E-state index contributed by atoms with van der Waals surface area (Å²) in [6, 6.07) is 8.80. The monoisotopic (exact) mass is 391 g/mol. The summed E-state index contributed by atoms with van der Waals surface area (Å²) in [6.07, 6.45) is -3.86. The molecule has 0 aliphatic carbocycles. The normalized spacial score (nSPS) is 14.4. The maximum absolute atomic E-state index is 13.4. The molecule has 3 heterocycles. The second-order valence-electron chi connectivity index (χ2n) is 6.58. The Hall–Kier alpha value is -2.61. The molecule has 0 saturated heterocycles. The van der Waals surface area contributed by atoms with Crippen molar-refractivity contribution in [3.63, 3.8) is 0 Å². The summed E-state index contributed by atoms with van der Waals surface area (Å²) >= 11 is 0.924. The number of hydrogen-bond acceptors (Lipinski definition) is 4. The molecule has 0 spiro atoms. The van der Waals surface area contributed by atoms with Crippen LogP contribution < -0.4 is 5.73 Å². The van der Waals surface area contributed by atoms with Gasteiger partial charge >= 0.3 is 6.18 Å². The fourth-order valence-electron chi connectivity index (χ4n) is 3.44. The van der Waals surface area contributed by atoms with Gasteiger partial charge in [0.05, 0.1) is 11.3 Å². The number of hydrogen-bond donors (Lipinski definition) is 1. The number of carbonyl (C=O) groups is 1. The van der Waals surface area contributed by atoms with E-state index < -0.39 is 11.7 Å². The van der Waals surface area contributed by atoms with Gasteiger partial charge < -0.3 is 10.6 Å². The maximum Gasteiger partial charge on any atom is 0.417 e. The Morgan fingerprint density at radius 3 is 2.67 bits per heavy atom. The SMILES string of the molecule is Cc1cc(C(F)(F)F)c2c(N)c(C(=O)N3CCc4ccccc4C3)sc2n1. The third-order valence-corrected chi connectivity index (χ3v) is 5.83. The molecule has 27 heavy (non-hydrogen) atoms. The second-order valence-corrected chi connectivity index (χ2v) is 7.58. The molecule has 1 aliphatic rings. The molecule has 0 fully saturated rings. The van der Waals surface area contributed by atoms with Gasteiger partial charge in [-0.05, 0) is 30.5 Å². The standard InChI is InChI=1S/C19H16F3N3OS/c1-10-8-13(19(20,21)22)14-15(23)16(27-17(14)24-10)18(26)25-7-6-11-4-2-3-5-12(11)9-25/h2-5,8H,6-7,9,23H2,1H3. The first-order valence-corrected chi connectivity index (χ1v) is 9.20. The minimum absolute atomic E-state index is 0.119. The van der Waals surface area contributed by atoms with Crippen molar-refractivity contribution in [1.82, 2.24) is 9.88 Å². The summed E-state index contributed by atoms with van der Waals surface area (Å²) in [7, 11) is 0. The van der Waals surface area contributed by atoms with Crippen molar-refractivity contribution in [2.75, 3.05) is 12.3 Å². The first kappa shape index (κ1) is 17.8. The molecule has 4 nitrogen and oxygen atoms in total. The summed E-state index contributed by atoms with van der Waals surface area (Å²) < 4.78 is 40.3. The molecule has 2 aromatic heterocycles. The van der Waals surface area contributed by atoms with E-state index in [-0.39, 0.29) is 32.4 Å². The molecule has 140 valence electrons. The van der Waals surface area contributed by atoms with E-state index >= 15 is 0 Å². The van der Waals surface area contributed by atoms with Gasteiger partial charge in [0, 0.05) is 24.2 Å². The molecule has 1 aliphatic heterocycles. The molecule has 0 saturated carbocycles. The van der Waals surface area contributed by atoms with Crippen molar-refractivity contribution in [2.24, 2.45) is 0 Å². The number of aromatic nitrogens is 1. The van der Waals surface area contributed by atoms with Crippen molar-refractivity contribution in [2.45, 2.75) is 26.1 Å². The number of amides is 1. The fraction of sp³-hybridized carbons (Fsp3) is 0.263. The lowest BCUT2D eigenvalue weighted by atomic mass is 10.00. The number of fused-ring (bicyclic) bond motifs is 2. The second kappa shape index (κ2) is 6.23. The van der Waals surface area contributed by atoms with E-state index in [1.165, 1.54) is 12.5 Å². The summed E-state index contributed by atoms with van der Waals surface area (Å²) in [5, 5.41) is -0.182. The third kappa shape index (κ3) is 3.03. The largest absolute Gasteiger partial charge is 0.417 e. The van der Waals surface area contributed by atoms with Crippen LogP contribution in [0.1, 0.15) is 32.1 Å². The maximum atomic E-state index is 13.4. The van der Waals surface area contributed by atoms with Gasteiger partial charge in [0.1, 0.15) is 9.71 Å². The van der Waals surface area contributed by atoms with Gasteiger partial charge in [-0.2, -0.15) is 13.2 Å². The van der Waals surface area contributed by atoms with Crippen LogP contribution in [0.4, 0.5) is 18.9 Å². The number of nitrogens with zero attached hydrogens (tertiary/aromatic N) is 2. The van der Waals surface area contributed by atoms with Gasteiger partial charge in [-0.25, -0.2) is 4.98 Å². The highest BCUT2D eigenvalue weighted by molar-refractivity contribution is 7.21. The van der Waals surface area contributed by atoms with Gasteiger partial charge in [-0.1, -0.05) is 24.3 Å². The zero-order valence-electron chi connectivity index (χ0n) is 14.4. The van der Waals surface area contributed by atoms with E-state index in [4.69, 9.17) is 5.73 Å². The predicted molar refractivity (Wildman–Crippen MR) is 98.7 cm³/mol. The van der Waals surface area contributed by atoms with Crippen LogP contribution in [-0.4, -0.2) is 22.3 Å². The Balaban J connectivity index is 1.77. The van der Waals surface area contributed by atoms with Crippen LogP contribution in [0.15, 0.2) is 30.3 Å². The first-order valence-electron chi connectivity index (χ1n) is 8.38. The van der Waals surface area contributed by atoms with Crippen molar-refractivity contribution in [3.8, 4) is 0 Å². The molecule has 4 rings (SSSR count). The van der Waals surface area contributed by atoms with E-state index in [0.717, 1.165) is 23.0 Å². The highest BCUT2D eigenvalue weighted by atomic mass is 32.1. The van der Waals surface area contributed by atoms with Gasteiger partial charge in [0.25, 0.3) is 5.91 Å². The zero-order valence-corrected chi connectivity index (χ0v) is 15.2. The molecular weight excluding hydrogens is 375 g/mol. The van der Waals surface area contributed by atoms with Crippen molar-refractivity contribution >= 4 is 33.1 Å². The number of nitrogen functional groups attached to an aromatic ring is 1. The number of nitrogens with two attached hydrogens (primary N) is 1. The number of anilines is 1. The van der Waals surface area contributed by atoms with Crippen LogP contribution in [0.5, 0.6) is 0 Å². The Kier molecular flexibility index (Phi) is 4.10. The molecular formula is C19H16F3N3OS. The molecule has 0 atom stereocenters. The van der Waals surface area contributed by atoms with E-state index in [2.05, 4.69) is 4.98 Å². The molecule has 1 amide bonds. The lowest BCUT2D eigenvalue weighted by Crippen LogP contribution is -2.35. The smallest absolute Gasteiger partial charge is 0.397 e. The highest BCUT2D eigenvalue weighted by Gasteiger charge is 2.36. The van der Waals surface area contributed by atoms with Crippen LogP contribution >= 0.6 is 11.3 Å². The lowest BCUT2D eigenvalue weighted by molar-refractivity contribution is -0.136. The van der Waals surface area contributed by atoms with E-state index in [1.54, 1.807) is 4.90 Å². The highest BCUT2D eigenvalue weighted by Crippen LogP contribution is 2.42. The number of halogens is 3. The first-order chi connectivity index (χ1) is 12.8. The molecule has 3 aromatic rings. The predicted octanol–water partition coefficient (Wildman–Crippen LogP) is 4.40. The van der Waals surface area contributed by atoms with Crippen molar-refractivity contribution in [1.29, 1.82) is 0 Å². The number of carbonyl (C=O) groups excluding carboxylic acids is 1. The number of pyridine rings is 1. The Bertz CT molecular complexity index is 1060. The molecule has 0 radical (unpaired) electrons. The van der Waals surface area contributed by atoms with Gasteiger partial charge in [0.15, 0.2) is 0 Å². The number of benzene rings is 1. The topological polar surface area (TPSA) is 59.2 Å². The summed E-state index contributed by atoms with van der Waals surface area (Å²) in [5.74, 6) is -0.351. The van der Waals surface area contributed by atoms with Crippen molar-refractivity contribution < 1.29 is 18.0 Å². The lowest BCUT2D eigenvalue weighted by Gasteiger charge is -2.28. The minimum atomic E-state index is -4.56. The van der Waals surface area contributed by atoms with Crippen LogP contribution in [0.25, 0.3) is 10.2 Å². The van der Waals surface area contributed by atoms with E-state index in [0.29, 0.717) is 19.5 Å². The number of thiophene rings is 1. The van der Waals surface area contributed by atoms with E-state index in [9.17, 15) is 18.0 Å². The molecule has 1 aromatic carbocycles. The van der Waals surface area contributed by atoms with Gasteiger partial charge in [0.2, 0.25) is 0 Å². The fourth-order valence-corrected chi connectivity index (χ4v) is 4.57. The van der Waals surface area contributed by atoms with Crippen molar-refractivity contribution in [3.05, 3.63) is 57.6 Å². The summed E-state index contributed by atoms with van der Waals surface area (Å²) in [6.45, 7) is 2.41. The molecule has 8 heteroatoms. The van der Waals surface area contributed by atoms with Crippen LogP contribution in [0.3, 0.4) is 0 Å². The zero-order chi connectivity index (χ0) is 19.3. The Labute approximate surface area is 157 Å². The van der Waals surface area contributed by atoms with Gasteiger partial charge in [-0.3, -0.25) is 4.79 Å². The molecule has 2 N–H and O–H groups in total. The Morgan fingerprint density at radius 1 is 1.26 bits per heavy atom. The Morgan fingerprint density at radius 2 is 1.96 bits per heavy atom. The number of rotatable bonds is 1. The molecule has 0 unspecified atom stereocenters. The molecule has 0 bridgehead atoms. The average Bonchev–Trinajstić information content (AvgIpc) is 2.95. The summed E-state index contributed by atoms with van der Waals surface area (Å²) in [5.41, 5.74) is 7.49. The van der Waals surface area contributed by atoms with Crippen LogP contribution in [0, 0.1) is 6.92 Å². The van der Waals surface area contributed by atoms with Crippen LogP contribution in [-0.2, 0) is 19.1 Å². The van der Waals surface area contributed by atoms with Crippen LogP contribution in [0.2, 0.25) is 0 Å². The third-order valence-electron chi connectivity index (χ3n) is 4.74. The summed E-state index contributed by atoms with van der Waals surface area (Å²) in [4.78, 5) is 19.0. The van der Waals surface area contributed by atoms with E-state index in [1.807, 2.05) is 24.3 Å². The number of alkyl halides is 3. The van der Waals surface area contributed by atoms with Gasteiger partial charge in [-0.15, -0.1) is 11.3 Å². The minimum Gasteiger partial charge on any atom is -0.397 e. The average molecular weight is 391 g/mol.